The Morgan fingerprint density at radius 3 is 2.50 bits per heavy atom. The molecule has 2 aromatic rings. The number of carbonyl (C=O) groups is 2. The molecule has 2 fully saturated rings. The van der Waals surface area contributed by atoms with Gasteiger partial charge in [-0.3, -0.25) is 9.59 Å². The Kier molecular flexibility index (Phi) is 8.01. The summed E-state index contributed by atoms with van der Waals surface area (Å²) in [6.45, 7) is 5.95. The van der Waals surface area contributed by atoms with E-state index in [9.17, 15) is 18.4 Å². The molecule has 1 spiro atoms. The van der Waals surface area contributed by atoms with Gasteiger partial charge in [0.25, 0.3) is 11.6 Å². The number of benzene rings is 1. The second-order valence-electron chi connectivity index (χ2n) is 11.7. The van der Waals surface area contributed by atoms with E-state index in [0.29, 0.717) is 68.9 Å². The third-order valence-corrected chi connectivity index (χ3v) is 9.33. The summed E-state index contributed by atoms with van der Waals surface area (Å²) in [6, 6.07) is 8.61. The first-order valence-corrected chi connectivity index (χ1v) is 14.8. The van der Waals surface area contributed by atoms with Gasteiger partial charge in [-0.05, 0) is 82.3 Å². The molecule has 1 saturated heterocycles. The van der Waals surface area contributed by atoms with Crippen LogP contribution in [0.5, 0.6) is 11.5 Å². The van der Waals surface area contributed by atoms with E-state index in [0.717, 1.165) is 5.69 Å². The minimum Gasteiger partial charge on any atom is -0.493 e. The Bertz CT molecular complexity index is 1270. The van der Waals surface area contributed by atoms with Gasteiger partial charge in [-0.25, -0.2) is 0 Å². The molecule has 2 aliphatic heterocycles. The number of hydrogen-bond donors (Lipinski definition) is 1. The zero-order valence-corrected chi connectivity index (χ0v) is 24.9. The molecule has 218 valence electrons. The largest absolute Gasteiger partial charge is 0.493 e. The number of likely N-dealkylation sites (tertiary alicyclic amines) is 1. The van der Waals surface area contributed by atoms with Crippen molar-refractivity contribution in [3.05, 3.63) is 47.3 Å². The fourth-order valence-corrected chi connectivity index (χ4v) is 7.51. The third kappa shape index (κ3) is 5.16. The third-order valence-electron chi connectivity index (χ3n) is 9.03. The van der Waals surface area contributed by atoms with E-state index in [1.807, 2.05) is 31.9 Å². The highest BCUT2D eigenvalue weighted by molar-refractivity contribution is 7.17. The number of piperidine rings is 1. The molecule has 40 heavy (non-hydrogen) atoms. The average Bonchev–Trinajstić information content (AvgIpc) is 3.52. The van der Waals surface area contributed by atoms with Crippen molar-refractivity contribution in [2.24, 2.45) is 17.8 Å². The van der Waals surface area contributed by atoms with Crippen LogP contribution >= 0.6 is 9.24 Å². The summed E-state index contributed by atoms with van der Waals surface area (Å²) in [5, 5.41) is 3.06. The van der Waals surface area contributed by atoms with Crippen LogP contribution in [0.4, 0.5) is 8.78 Å². The second-order valence-corrected chi connectivity index (χ2v) is 12.4. The maximum absolute atomic E-state index is 14.5. The zero-order chi connectivity index (χ0) is 28.8. The lowest BCUT2D eigenvalue weighted by molar-refractivity contribution is -0.121. The van der Waals surface area contributed by atoms with E-state index in [4.69, 9.17) is 9.47 Å². The highest BCUT2D eigenvalue weighted by Gasteiger charge is 2.65. The van der Waals surface area contributed by atoms with Gasteiger partial charge in [0.1, 0.15) is 5.78 Å². The Morgan fingerprint density at radius 1 is 1.15 bits per heavy atom. The van der Waals surface area contributed by atoms with Crippen LogP contribution in [-0.2, 0) is 22.4 Å². The predicted octanol–water partition coefficient (Wildman–Crippen LogP) is 4.83. The lowest BCUT2D eigenvalue weighted by atomic mass is 9.70. The van der Waals surface area contributed by atoms with Crippen LogP contribution in [-0.4, -0.2) is 61.1 Å². The predicted molar refractivity (Wildman–Crippen MR) is 152 cm³/mol. The summed E-state index contributed by atoms with van der Waals surface area (Å²) in [7, 11) is 5.06. The molecule has 5 rings (SSSR count). The summed E-state index contributed by atoms with van der Waals surface area (Å²) < 4.78 is 42.2. The van der Waals surface area contributed by atoms with Gasteiger partial charge in [0.05, 0.1) is 18.9 Å². The van der Waals surface area contributed by atoms with Gasteiger partial charge < -0.3 is 24.3 Å². The summed E-state index contributed by atoms with van der Waals surface area (Å²) in [5.41, 5.74) is -2.04. The molecular formula is C30H40F2N3O4P. The molecule has 1 N–H and O–H groups in total. The van der Waals surface area contributed by atoms with Gasteiger partial charge in [0, 0.05) is 55.2 Å². The van der Waals surface area contributed by atoms with Crippen molar-refractivity contribution in [2.45, 2.75) is 63.3 Å². The van der Waals surface area contributed by atoms with Crippen molar-refractivity contribution in [3.8, 4) is 11.5 Å². The van der Waals surface area contributed by atoms with Crippen LogP contribution in [0.15, 0.2) is 30.3 Å². The molecule has 1 aromatic heterocycles. The van der Waals surface area contributed by atoms with Gasteiger partial charge >= 0.3 is 0 Å². The van der Waals surface area contributed by atoms with Crippen molar-refractivity contribution < 1.29 is 27.8 Å². The number of fused-ring (bicyclic) bond motifs is 4. The van der Waals surface area contributed by atoms with E-state index in [2.05, 4.69) is 5.32 Å². The Hall–Kier alpha value is -2.51. The van der Waals surface area contributed by atoms with E-state index in [1.165, 1.54) is 6.07 Å². The number of hydrogen-bond acceptors (Lipinski definition) is 5. The van der Waals surface area contributed by atoms with Gasteiger partial charge in [-0.1, -0.05) is 9.24 Å². The minimum absolute atomic E-state index is 0.000502. The lowest BCUT2D eigenvalue weighted by Gasteiger charge is -2.43. The molecule has 0 bridgehead atoms. The number of ether oxygens (including phenoxy) is 2. The molecule has 1 saturated carbocycles. The molecule has 10 heteroatoms. The number of Topliss-reactive ketones (excluding diaryl/α,β-unsaturated/α-hetero) is 1. The quantitative estimate of drug-likeness (QED) is 0.434. The number of nitrogens with one attached hydrogen (secondary N) is 1. The number of carbonyl (C=O) groups excluding carboxylic acids is 2. The van der Waals surface area contributed by atoms with E-state index < -0.39 is 11.1 Å². The highest BCUT2D eigenvalue weighted by Crippen LogP contribution is 2.64. The number of alkyl halides is 2. The first-order chi connectivity index (χ1) is 19.0. The van der Waals surface area contributed by atoms with Crippen LogP contribution in [0, 0.1) is 17.8 Å². The molecule has 4 atom stereocenters. The molecule has 7 nitrogen and oxygen atoms in total. The number of aromatic nitrogens is 1. The molecule has 3 heterocycles. The van der Waals surface area contributed by atoms with Crippen LogP contribution in [0.1, 0.15) is 61.3 Å². The lowest BCUT2D eigenvalue weighted by Crippen LogP contribution is -2.47. The van der Waals surface area contributed by atoms with Crippen molar-refractivity contribution in [3.63, 3.8) is 0 Å². The molecular weight excluding hydrogens is 535 g/mol. The normalized spacial score (nSPS) is 23.4. The van der Waals surface area contributed by atoms with E-state index in [-0.39, 0.29) is 41.2 Å². The standard InChI is InChI=1S/C30H40F2N3O4P/c1-18(2)39-22-6-5-19(17-23(22)38-4)28(37)34-15-11-29(12-16-34)24-7-8-25(30(31,32)40)35(24)14-10-20-26(27(20)29)21(36)9-13-33-3/h5-8,17-18,20,26-27,33H,9-16,40H2,1-4H3/t20?,26?,27-/m0/s1. The van der Waals surface area contributed by atoms with E-state index >= 15 is 0 Å². The smallest absolute Gasteiger partial charge is 0.298 e. The van der Waals surface area contributed by atoms with Gasteiger partial charge in [0.2, 0.25) is 0 Å². The SMILES string of the molecule is CNCCC(=O)C1C2CCn3c(C(F)(F)P)ccc3C3(CCN(C(=O)c4ccc(OC(C)C)c(OC)c4)CC3)[C@@H]21. The monoisotopic (exact) mass is 575 g/mol. The average molecular weight is 576 g/mol. The van der Waals surface area contributed by atoms with E-state index in [1.54, 1.807) is 39.1 Å². The van der Waals surface area contributed by atoms with Crippen LogP contribution in [0.2, 0.25) is 0 Å². The van der Waals surface area contributed by atoms with Crippen molar-refractivity contribution in [2.75, 3.05) is 33.8 Å². The summed E-state index contributed by atoms with van der Waals surface area (Å²) >= 11 is 0. The summed E-state index contributed by atoms with van der Waals surface area (Å²) in [5.74, 6) is 1.51. The molecule has 1 amide bonds. The van der Waals surface area contributed by atoms with Gasteiger partial charge in [-0.2, -0.15) is 8.78 Å². The molecule has 3 unspecified atom stereocenters. The van der Waals surface area contributed by atoms with Crippen molar-refractivity contribution in [1.29, 1.82) is 0 Å². The number of rotatable bonds is 9. The van der Waals surface area contributed by atoms with Gasteiger partial charge in [-0.15, -0.1) is 0 Å². The number of halogens is 2. The van der Waals surface area contributed by atoms with Crippen LogP contribution < -0.4 is 14.8 Å². The molecule has 1 aromatic carbocycles. The fourth-order valence-electron chi connectivity index (χ4n) is 7.26. The van der Waals surface area contributed by atoms with Crippen LogP contribution in [0.3, 0.4) is 0 Å². The first-order valence-electron chi connectivity index (χ1n) is 14.2. The second kappa shape index (κ2) is 11.1. The zero-order valence-electron chi connectivity index (χ0n) is 23.7. The van der Waals surface area contributed by atoms with Crippen LogP contribution in [0.25, 0.3) is 0 Å². The Morgan fingerprint density at radius 2 is 1.88 bits per heavy atom. The van der Waals surface area contributed by atoms with Gasteiger partial charge in [0.15, 0.2) is 11.5 Å². The summed E-state index contributed by atoms with van der Waals surface area (Å²) in [4.78, 5) is 28.6. The van der Waals surface area contributed by atoms with Crippen molar-refractivity contribution >= 4 is 20.9 Å². The molecule has 1 aliphatic carbocycles. The Labute approximate surface area is 237 Å². The summed E-state index contributed by atoms with van der Waals surface area (Å²) in [6.07, 6.45) is 2.42. The molecule has 0 radical (unpaired) electrons. The number of ketones is 1. The Balaban J connectivity index is 1.41. The highest BCUT2D eigenvalue weighted by atomic mass is 31.0. The molecule has 3 aliphatic rings. The topological polar surface area (TPSA) is 72.8 Å². The maximum Gasteiger partial charge on any atom is 0.298 e. The number of amides is 1. The fraction of sp³-hybridized carbons (Fsp3) is 0.600. The first kappa shape index (κ1) is 29.0. The number of methoxy groups -OCH3 is 1. The maximum atomic E-state index is 14.5. The number of nitrogens with zero attached hydrogens (tertiary/aromatic N) is 2. The minimum atomic E-state index is -3.03. The van der Waals surface area contributed by atoms with Crippen molar-refractivity contribution in [1.82, 2.24) is 14.8 Å².